The van der Waals surface area contributed by atoms with Crippen molar-refractivity contribution < 1.29 is 14.0 Å². The molecular formula is C23H19N3O4. The zero-order valence-corrected chi connectivity index (χ0v) is 16.2. The Morgan fingerprint density at radius 2 is 1.57 bits per heavy atom. The van der Waals surface area contributed by atoms with Crippen LogP contribution in [0.25, 0.3) is 11.1 Å². The topological polar surface area (TPSA) is 93.3 Å². The van der Waals surface area contributed by atoms with Gasteiger partial charge >= 0.3 is 5.76 Å². The molecule has 0 aliphatic carbocycles. The van der Waals surface area contributed by atoms with E-state index in [0.717, 1.165) is 11.4 Å². The summed E-state index contributed by atoms with van der Waals surface area (Å²) in [6, 6.07) is 21.7. The monoisotopic (exact) mass is 401 g/mol. The number of rotatable bonds is 6. The average Bonchev–Trinajstić information content (AvgIpc) is 3.04. The lowest BCUT2D eigenvalue weighted by Gasteiger charge is -2.09. The van der Waals surface area contributed by atoms with Crippen LogP contribution in [0.15, 0.2) is 82.0 Å². The second-order valence-corrected chi connectivity index (χ2v) is 6.81. The summed E-state index contributed by atoms with van der Waals surface area (Å²) in [5.41, 5.74) is 3.64. The maximum Gasteiger partial charge on any atom is 0.420 e. The highest BCUT2D eigenvalue weighted by Crippen LogP contribution is 2.19. The Morgan fingerprint density at radius 1 is 0.900 bits per heavy atom. The van der Waals surface area contributed by atoms with E-state index in [9.17, 15) is 14.4 Å². The van der Waals surface area contributed by atoms with Crippen LogP contribution < -0.4 is 16.4 Å². The van der Waals surface area contributed by atoms with Crippen LogP contribution in [0.1, 0.15) is 17.3 Å². The van der Waals surface area contributed by atoms with Crippen molar-refractivity contribution in [1.82, 2.24) is 4.57 Å². The number of para-hydroxylation sites is 1. The molecule has 2 N–H and O–H groups in total. The molecule has 0 radical (unpaired) electrons. The molecule has 0 bridgehead atoms. The molecular weight excluding hydrogens is 382 g/mol. The Balaban J connectivity index is 1.45. The maximum atomic E-state index is 12.4. The molecule has 0 spiro atoms. The second kappa shape index (κ2) is 8.08. The normalized spacial score (nSPS) is 10.7. The zero-order chi connectivity index (χ0) is 21.1. The number of Topliss-reactive ketones (excluding diaryl/α,β-unsaturated/α-hetero) is 1. The summed E-state index contributed by atoms with van der Waals surface area (Å²) in [5.74, 6) is -1.14. The van der Waals surface area contributed by atoms with E-state index in [-0.39, 0.29) is 23.8 Å². The first-order chi connectivity index (χ1) is 14.5. The van der Waals surface area contributed by atoms with E-state index >= 15 is 0 Å². The van der Waals surface area contributed by atoms with Crippen LogP contribution in [0, 0.1) is 0 Å². The predicted molar refractivity (Wildman–Crippen MR) is 115 cm³/mol. The van der Waals surface area contributed by atoms with Crippen LogP contribution in [-0.4, -0.2) is 16.3 Å². The SMILES string of the molecule is CC(=O)c1ccc2c(c1)oc(=O)n2CC(=O)Nc1ccc(Nc2ccccc2)cc1. The minimum atomic E-state index is -0.650. The van der Waals surface area contributed by atoms with Gasteiger partial charge in [-0.25, -0.2) is 4.79 Å². The molecule has 150 valence electrons. The Kier molecular flexibility index (Phi) is 5.17. The van der Waals surface area contributed by atoms with Crippen molar-refractivity contribution in [3.8, 4) is 0 Å². The average molecular weight is 401 g/mol. The van der Waals surface area contributed by atoms with E-state index in [2.05, 4.69) is 10.6 Å². The highest BCUT2D eigenvalue weighted by molar-refractivity contribution is 5.97. The van der Waals surface area contributed by atoms with Crippen molar-refractivity contribution in [3.05, 3.63) is 88.9 Å². The van der Waals surface area contributed by atoms with Crippen LogP contribution >= 0.6 is 0 Å². The fourth-order valence-electron chi connectivity index (χ4n) is 3.10. The molecule has 0 fully saturated rings. The van der Waals surface area contributed by atoms with Crippen molar-refractivity contribution in [2.24, 2.45) is 0 Å². The lowest BCUT2D eigenvalue weighted by Crippen LogP contribution is -2.24. The largest absolute Gasteiger partial charge is 0.420 e. The van der Waals surface area contributed by atoms with Gasteiger partial charge in [-0.05, 0) is 61.5 Å². The third-order valence-electron chi connectivity index (χ3n) is 4.61. The lowest BCUT2D eigenvalue weighted by molar-refractivity contribution is -0.116. The summed E-state index contributed by atoms with van der Waals surface area (Å²) in [6.45, 7) is 1.24. The van der Waals surface area contributed by atoms with Crippen molar-refractivity contribution in [2.75, 3.05) is 10.6 Å². The summed E-state index contributed by atoms with van der Waals surface area (Å²) in [7, 11) is 0. The second-order valence-electron chi connectivity index (χ2n) is 6.81. The van der Waals surface area contributed by atoms with Gasteiger partial charge in [0, 0.05) is 22.6 Å². The molecule has 7 heteroatoms. The molecule has 0 saturated heterocycles. The lowest BCUT2D eigenvalue weighted by atomic mass is 10.1. The van der Waals surface area contributed by atoms with Crippen LogP contribution in [0.4, 0.5) is 17.1 Å². The predicted octanol–water partition coefficient (Wildman–Crippen LogP) is 4.18. The fourth-order valence-corrected chi connectivity index (χ4v) is 3.10. The molecule has 4 aromatic rings. The number of carbonyl (C=O) groups is 2. The molecule has 30 heavy (non-hydrogen) atoms. The van der Waals surface area contributed by atoms with E-state index in [0.29, 0.717) is 16.8 Å². The molecule has 0 atom stereocenters. The van der Waals surface area contributed by atoms with Gasteiger partial charge < -0.3 is 15.1 Å². The minimum Gasteiger partial charge on any atom is -0.408 e. The van der Waals surface area contributed by atoms with Crippen molar-refractivity contribution in [1.29, 1.82) is 0 Å². The van der Waals surface area contributed by atoms with E-state index in [4.69, 9.17) is 4.42 Å². The van der Waals surface area contributed by atoms with E-state index < -0.39 is 5.76 Å². The third-order valence-corrected chi connectivity index (χ3v) is 4.61. The molecule has 1 heterocycles. The van der Waals surface area contributed by atoms with Crippen molar-refractivity contribution in [2.45, 2.75) is 13.5 Å². The maximum absolute atomic E-state index is 12.4. The van der Waals surface area contributed by atoms with Gasteiger partial charge in [0.2, 0.25) is 5.91 Å². The van der Waals surface area contributed by atoms with Crippen LogP contribution in [-0.2, 0) is 11.3 Å². The Labute approximate surface area is 171 Å². The van der Waals surface area contributed by atoms with Gasteiger partial charge in [0.15, 0.2) is 11.4 Å². The summed E-state index contributed by atoms with van der Waals surface area (Å²) in [5, 5.41) is 6.04. The Hall–Kier alpha value is -4.13. The van der Waals surface area contributed by atoms with Crippen LogP contribution in [0.3, 0.4) is 0 Å². The number of hydrogen-bond donors (Lipinski definition) is 2. The van der Waals surface area contributed by atoms with Crippen molar-refractivity contribution >= 4 is 39.9 Å². The van der Waals surface area contributed by atoms with Crippen LogP contribution in [0.5, 0.6) is 0 Å². The van der Waals surface area contributed by atoms with Gasteiger partial charge in [-0.2, -0.15) is 0 Å². The quantitative estimate of drug-likeness (QED) is 0.473. The van der Waals surface area contributed by atoms with Gasteiger partial charge in [-0.15, -0.1) is 0 Å². The minimum absolute atomic E-state index is 0.129. The number of nitrogens with one attached hydrogen (secondary N) is 2. The van der Waals surface area contributed by atoms with Gasteiger partial charge in [0.1, 0.15) is 6.54 Å². The van der Waals surface area contributed by atoms with Crippen LogP contribution in [0.2, 0.25) is 0 Å². The van der Waals surface area contributed by atoms with E-state index in [1.165, 1.54) is 17.6 Å². The van der Waals surface area contributed by atoms with Gasteiger partial charge in [-0.3, -0.25) is 14.2 Å². The molecule has 4 rings (SSSR count). The number of benzene rings is 3. The Morgan fingerprint density at radius 3 is 2.27 bits per heavy atom. The number of anilines is 3. The first-order valence-electron chi connectivity index (χ1n) is 9.36. The first kappa shape index (κ1) is 19.2. The summed E-state index contributed by atoms with van der Waals surface area (Å²) < 4.78 is 6.42. The number of fused-ring (bicyclic) bond motifs is 1. The molecule has 3 aromatic carbocycles. The number of nitrogens with zero attached hydrogens (tertiary/aromatic N) is 1. The number of carbonyl (C=O) groups excluding carboxylic acids is 2. The number of oxazole rings is 1. The smallest absolute Gasteiger partial charge is 0.408 e. The molecule has 0 saturated carbocycles. The molecule has 7 nitrogen and oxygen atoms in total. The number of aromatic nitrogens is 1. The van der Waals surface area contributed by atoms with E-state index in [1.54, 1.807) is 24.3 Å². The standard InChI is InChI=1S/C23H19N3O4/c1-15(27)16-7-12-20-21(13-16)30-23(29)26(20)14-22(28)25-19-10-8-18(9-11-19)24-17-5-3-2-4-6-17/h2-13,24H,14H2,1H3,(H,25,28). The zero-order valence-electron chi connectivity index (χ0n) is 16.2. The number of ketones is 1. The highest BCUT2D eigenvalue weighted by Gasteiger charge is 2.14. The fraction of sp³-hybridized carbons (Fsp3) is 0.0870. The highest BCUT2D eigenvalue weighted by atomic mass is 16.4. The number of hydrogen-bond acceptors (Lipinski definition) is 5. The molecule has 1 amide bonds. The Bertz CT molecular complexity index is 1270. The van der Waals surface area contributed by atoms with Gasteiger partial charge in [0.05, 0.1) is 5.52 Å². The third kappa shape index (κ3) is 4.15. The van der Waals surface area contributed by atoms with Gasteiger partial charge in [-0.1, -0.05) is 18.2 Å². The number of amides is 1. The summed E-state index contributed by atoms with van der Waals surface area (Å²) in [4.78, 5) is 36.1. The summed E-state index contributed by atoms with van der Waals surface area (Å²) >= 11 is 0. The van der Waals surface area contributed by atoms with Crippen molar-refractivity contribution in [3.63, 3.8) is 0 Å². The molecule has 0 aliphatic rings. The molecule has 0 aliphatic heterocycles. The first-order valence-corrected chi connectivity index (χ1v) is 9.36. The molecule has 1 aromatic heterocycles. The molecule has 0 unspecified atom stereocenters. The van der Waals surface area contributed by atoms with E-state index in [1.807, 2.05) is 42.5 Å². The summed E-state index contributed by atoms with van der Waals surface area (Å²) in [6.07, 6.45) is 0. The van der Waals surface area contributed by atoms with Gasteiger partial charge in [0.25, 0.3) is 0 Å².